The minimum absolute atomic E-state index is 0.0955. The van der Waals surface area contributed by atoms with E-state index in [-0.39, 0.29) is 16.7 Å². The summed E-state index contributed by atoms with van der Waals surface area (Å²) in [6, 6.07) is 16.7. The van der Waals surface area contributed by atoms with E-state index in [0.29, 0.717) is 6.54 Å². The second-order valence-electron chi connectivity index (χ2n) is 6.04. The molecule has 0 saturated carbocycles. The molecule has 3 rings (SSSR count). The quantitative estimate of drug-likeness (QED) is 0.738. The molecule has 0 aromatic heterocycles. The van der Waals surface area contributed by atoms with Gasteiger partial charge in [-0.1, -0.05) is 0 Å². The van der Waals surface area contributed by atoms with E-state index in [1.54, 1.807) is 60.7 Å². The number of benzene rings is 2. The van der Waals surface area contributed by atoms with Crippen LogP contribution < -0.4 is 10.6 Å². The average Bonchev–Trinajstić information content (AvgIpc) is 2.57. The van der Waals surface area contributed by atoms with E-state index < -0.39 is 7.38 Å². The number of hydrogen-bond donors (Lipinski definition) is 0. The first-order valence-electron chi connectivity index (χ1n) is 7.87. The SMILES string of the molecule is CC1CCCCN1P(F)(F)(c1ccccc1)c1ccccc1. The molecule has 0 N–H and O–H groups in total. The molecule has 22 heavy (non-hydrogen) atoms. The van der Waals surface area contributed by atoms with Crippen LogP contribution in [-0.4, -0.2) is 17.3 Å². The molecule has 1 heterocycles. The molecule has 1 aliphatic heterocycles. The van der Waals surface area contributed by atoms with Crippen molar-refractivity contribution in [3.63, 3.8) is 0 Å². The molecule has 2 aromatic carbocycles. The van der Waals surface area contributed by atoms with Crippen LogP contribution in [0, 0.1) is 0 Å². The summed E-state index contributed by atoms with van der Waals surface area (Å²) < 4.78 is 34.5. The number of nitrogens with zero attached hydrogens (tertiary/aromatic N) is 1. The average molecular weight is 321 g/mol. The molecular formula is C18H22F2NP. The van der Waals surface area contributed by atoms with Crippen molar-refractivity contribution in [1.29, 1.82) is 0 Å². The third-order valence-electron chi connectivity index (χ3n) is 4.61. The van der Waals surface area contributed by atoms with Crippen molar-refractivity contribution in [2.24, 2.45) is 0 Å². The third-order valence-corrected chi connectivity index (χ3v) is 8.46. The van der Waals surface area contributed by atoms with Gasteiger partial charge in [-0.25, -0.2) is 0 Å². The zero-order valence-electron chi connectivity index (χ0n) is 12.8. The Hall–Kier alpha value is -1.31. The van der Waals surface area contributed by atoms with Crippen LogP contribution >= 0.6 is 7.38 Å². The molecule has 0 amide bonds. The van der Waals surface area contributed by atoms with Gasteiger partial charge >= 0.3 is 130 Å². The van der Waals surface area contributed by atoms with Gasteiger partial charge in [-0.2, -0.15) is 0 Å². The summed E-state index contributed by atoms with van der Waals surface area (Å²) in [5, 5.41) is 0.349. The normalized spacial score (nSPS) is 22.0. The van der Waals surface area contributed by atoms with E-state index in [2.05, 4.69) is 0 Å². The van der Waals surface area contributed by atoms with Crippen molar-refractivity contribution in [3.05, 3.63) is 60.7 Å². The van der Waals surface area contributed by atoms with Crippen LogP contribution in [0.3, 0.4) is 0 Å². The summed E-state index contributed by atoms with van der Waals surface area (Å²) in [5.41, 5.74) is 0. The molecule has 118 valence electrons. The van der Waals surface area contributed by atoms with Crippen LogP contribution in [0.2, 0.25) is 0 Å². The van der Waals surface area contributed by atoms with Gasteiger partial charge < -0.3 is 0 Å². The minimum atomic E-state index is -5.33. The standard InChI is InChI=1S/C18H22F2NP/c1-16-10-8-9-15-21(16)22(19,20,17-11-4-2-5-12-17)18-13-6-3-7-14-18/h2-7,11-14,16H,8-10,15H2,1H3. The Labute approximate surface area is 131 Å². The molecule has 4 heteroatoms. The monoisotopic (exact) mass is 321 g/mol. The predicted octanol–water partition coefficient (Wildman–Crippen LogP) is 4.75. The molecule has 1 fully saturated rings. The van der Waals surface area contributed by atoms with Crippen molar-refractivity contribution in [3.8, 4) is 0 Å². The molecular weight excluding hydrogens is 299 g/mol. The fourth-order valence-corrected chi connectivity index (χ4v) is 6.97. The van der Waals surface area contributed by atoms with E-state index in [4.69, 9.17) is 0 Å². The summed E-state index contributed by atoms with van der Waals surface area (Å²) in [6.45, 7) is 2.40. The van der Waals surface area contributed by atoms with E-state index in [1.165, 1.54) is 4.67 Å². The fraction of sp³-hybridized carbons (Fsp3) is 0.333. The van der Waals surface area contributed by atoms with Crippen molar-refractivity contribution in [2.75, 3.05) is 6.54 Å². The Morgan fingerprint density at radius 3 is 1.82 bits per heavy atom. The van der Waals surface area contributed by atoms with E-state index in [1.807, 2.05) is 6.92 Å². The van der Waals surface area contributed by atoms with Crippen LogP contribution in [0.15, 0.2) is 60.7 Å². The summed E-state index contributed by atoms with van der Waals surface area (Å²) in [6.07, 6.45) is 2.72. The van der Waals surface area contributed by atoms with Crippen LogP contribution in [-0.2, 0) is 0 Å². The van der Waals surface area contributed by atoms with Gasteiger partial charge in [-0.3, -0.25) is 0 Å². The molecule has 0 bridgehead atoms. The van der Waals surface area contributed by atoms with Crippen molar-refractivity contribution in [1.82, 2.24) is 4.67 Å². The van der Waals surface area contributed by atoms with Gasteiger partial charge in [0, 0.05) is 0 Å². The Morgan fingerprint density at radius 2 is 1.36 bits per heavy atom. The van der Waals surface area contributed by atoms with Gasteiger partial charge in [0.2, 0.25) is 0 Å². The maximum absolute atomic E-state index is 16.5. The van der Waals surface area contributed by atoms with E-state index >= 15 is 8.39 Å². The predicted molar refractivity (Wildman–Crippen MR) is 91.3 cm³/mol. The number of rotatable bonds is 3. The molecule has 0 spiro atoms. The summed E-state index contributed by atoms with van der Waals surface area (Å²) in [5.74, 6) is 0. The number of halogens is 2. The first-order chi connectivity index (χ1) is 10.5. The molecule has 1 saturated heterocycles. The number of hydrogen-bond acceptors (Lipinski definition) is 1. The Morgan fingerprint density at radius 1 is 0.864 bits per heavy atom. The molecule has 1 aliphatic rings. The topological polar surface area (TPSA) is 3.24 Å². The Bertz CT molecular complexity index is 587. The van der Waals surface area contributed by atoms with E-state index in [0.717, 1.165) is 19.3 Å². The fourth-order valence-electron chi connectivity index (χ4n) is 3.41. The van der Waals surface area contributed by atoms with Crippen molar-refractivity contribution < 1.29 is 8.39 Å². The van der Waals surface area contributed by atoms with Gasteiger partial charge in [-0.15, -0.1) is 0 Å². The molecule has 0 aliphatic carbocycles. The van der Waals surface area contributed by atoms with Crippen LogP contribution in [0.1, 0.15) is 26.2 Å². The first-order valence-corrected chi connectivity index (χ1v) is 9.84. The zero-order chi connectivity index (χ0) is 15.7. The zero-order valence-corrected chi connectivity index (χ0v) is 13.7. The van der Waals surface area contributed by atoms with Crippen molar-refractivity contribution >= 4 is 18.0 Å². The van der Waals surface area contributed by atoms with Crippen LogP contribution in [0.5, 0.6) is 0 Å². The van der Waals surface area contributed by atoms with Gasteiger partial charge in [0.25, 0.3) is 0 Å². The van der Waals surface area contributed by atoms with Crippen LogP contribution in [0.25, 0.3) is 0 Å². The molecule has 1 nitrogen and oxygen atoms in total. The van der Waals surface area contributed by atoms with Gasteiger partial charge in [0.1, 0.15) is 0 Å². The first kappa shape index (κ1) is 15.6. The second-order valence-corrected chi connectivity index (χ2v) is 9.32. The molecule has 0 radical (unpaired) electrons. The molecule has 2 aromatic rings. The second kappa shape index (κ2) is 5.72. The molecule has 1 atom stereocenters. The maximum atomic E-state index is 16.5. The Balaban J connectivity index is 2.22. The number of piperidine rings is 1. The summed E-state index contributed by atoms with van der Waals surface area (Å²) in [4.78, 5) is 0. The van der Waals surface area contributed by atoms with Crippen molar-refractivity contribution in [2.45, 2.75) is 32.2 Å². The third kappa shape index (κ3) is 2.37. The van der Waals surface area contributed by atoms with Gasteiger partial charge in [0.15, 0.2) is 0 Å². The summed E-state index contributed by atoms with van der Waals surface area (Å²) >= 11 is 0. The summed E-state index contributed by atoms with van der Waals surface area (Å²) in [7, 11) is -5.33. The van der Waals surface area contributed by atoms with Gasteiger partial charge in [-0.05, 0) is 0 Å². The van der Waals surface area contributed by atoms with E-state index in [9.17, 15) is 0 Å². The molecule has 1 unspecified atom stereocenters. The Kier molecular flexibility index (Phi) is 4.05. The van der Waals surface area contributed by atoms with Crippen LogP contribution in [0.4, 0.5) is 8.39 Å². The van der Waals surface area contributed by atoms with Gasteiger partial charge in [0.05, 0.1) is 0 Å².